The van der Waals surface area contributed by atoms with Crippen molar-refractivity contribution in [3.05, 3.63) is 0 Å². The van der Waals surface area contributed by atoms with Crippen LogP contribution in [-0.4, -0.2) is 23.7 Å². The van der Waals surface area contributed by atoms with Crippen LogP contribution in [0.2, 0.25) is 0 Å². The molecule has 0 amide bonds. The number of aliphatic carboxylic acids is 1. The van der Waals surface area contributed by atoms with E-state index in [1.807, 2.05) is 0 Å². The number of rotatable bonds is 4. The largest absolute Gasteiger partial charge is 0.481 e. The van der Waals surface area contributed by atoms with Crippen LogP contribution in [0.4, 0.5) is 0 Å². The molecule has 0 radical (unpaired) electrons. The van der Waals surface area contributed by atoms with Gasteiger partial charge in [0.25, 0.3) is 0 Å². The molecule has 1 atom stereocenters. The highest BCUT2D eigenvalue weighted by Gasteiger charge is 2.05. The normalized spacial score (nSPS) is 13.1. The fourth-order valence-corrected chi connectivity index (χ4v) is 0.540. The van der Waals surface area contributed by atoms with Gasteiger partial charge in [0.1, 0.15) is 0 Å². The van der Waals surface area contributed by atoms with E-state index in [4.69, 9.17) is 16.6 Å². The van der Waals surface area contributed by atoms with Crippen LogP contribution in [0, 0.1) is 0 Å². The SMILES string of the molecule is NCCC(N)CC(=O)O. The monoisotopic (exact) mass is 132 g/mol. The van der Waals surface area contributed by atoms with Crippen molar-refractivity contribution in [2.75, 3.05) is 6.54 Å². The van der Waals surface area contributed by atoms with E-state index < -0.39 is 5.97 Å². The average molecular weight is 132 g/mol. The summed E-state index contributed by atoms with van der Waals surface area (Å²) in [7, 11) is 0. The van der Waals surface area contributed by atoms with Gasteiger partial charge in [0.2, 0.25) is 0 Å². The van der Waals surface area contributed by atoms with Crippen LogP contribution in [0.1, 0.15) is 12.8 Å². The Kier molecular flexibility index (Phi) is 4.00. The van der Waals surface area contributed by atoms with E-state index in [1.54, 1.807) is 0 Å². The van der Waals surface area contributed by atoms with Gasteiger partial charge in [0.15, 0.2) is 0 Å². The second-order valence-electron chi connectivity index (χ2n) is 1.94. The van der Waals surface area contributed by atoms with E-state index in [-0.39, 0.29) is 12.5 Å². The Morgan fingerprint density at radius 3 is 2.56 bits per heavy atom. The van der Waals surface area contributed by atoms with Crippen LogP contribution in [0.25, 0.3) is 0 Å². The summed E-state index contributed by atoms with van der Waals surface area (Å²) >= 11 is 0. The third-order valence-corrected chi connectivity index (χ3v) is 0.974. The van der Waals surface area contributed by atoms with E-state index in [2.05, 4.69) is 0 Å². The molecule has 0 saturated carbocycles. The van der Waals surface area contributed by atoms with Gasteiger partial charge in [0.05, 0.1) is 6.42 Å². The molecule has 0 aliphatic carbocycles. The van der Waals surface area contributed by atoms with E-state index in [0.29, 0.717) is 13.0 Å². The first-order valence-corrected chi connectivity index (χ1v) is 2.84. The number of nitrogens with two attached hydrogens (primary N) is 2. The van der Waals surface area contributed by atoms with Gasteiger partial charge < -0.3 is 16.6 Å². The fraction of sp³-hybridized carbons (Fsp3) is 0.800. The van der Waals surface area contributed by atoms with Gasteiger partial charge in [-0.05, 0) is 13.0 Å². The van der Waals surface area contributed by atoms with Crippen molar-refractivity contribution in [3.8, 4) is 0 Å². The summed E-state index contributed by atoms with van der Waals surface area (Å²) in [5.74, 6) is -0.865. The maximum atomic E-state index is 9.96. The van der Waals surface area contributed by atoms with Gasteiger partial charge in [-0.1, -0.05) is 0 Å². The minimum atomic E-state index is -0.865. The van der Waals surface area contributed by atoms with E-state index >= 15 is 0 Å². The lowest BCUT2D eigenvalue weighted by molar-refractivity contribution is -0.137. The van der Waals surface area contributed by atoms with Crippen molar-refractivity contribution in [2.45, 2.75) is 18.9 Å². The Bertz CT molecular complexity index is 95.0. The summed E-state index contributed by atoms with van der Waals surface area (Å²) in [5, 5.41) is 8.19. The first kappa shape index (κ1) is 8.39. The Hall–Kier alpha value is -0.610. The second-order valence-corrected chi connectivity index (χ2v) is 1.94. The Labute approximate surface area is 53.8 Å². The highest BCUT2D eigenvalue weighted by Crippen LogP contribution is 1.91. The topological polar surface area (TPSA) is 89.3 Å². The molecule has 9 heavy (non-hydrogen) atoms. The molecule has 0 aromatic heterocycles. The van der Waals surface area contributed by atoms with Crippen LogP contribution in [0.5, 0.6) is 0 Å². The van der Waals surface area contributed by atoms with E-state index in [0.717, 1.165) is 0 Å². The lowest BCUT2D eigenvalue weighted by atomic mass is 10.1. The zero-order valence-electron chi connectivity index (χ0n) is 5.21. The Morgan fingerprint density at radius 2 is 2.22 bits per heavy atom. The highest BCUT2D eigenvalue weighted by molar-refractivity contribution is 5.67. The second kappa shape index (κ2) is 4.29. The summed E-state index contributed by atoms with van der Waals surface area (Å²) < 4.78 is 0. The average Bonchev–Trinajstić information content (AvgIpc) is 1.63. The number of hydrogen-bond donors (Lipinski definition) is 3. The van der Waals surface area contributed by atoms with Crippen LogP contribution in [-0.2, 0) is 4.79 Å². The molecule has 0 aromatic carbocycles. The van der Waals surface area contributed by atoms with Gasteiger partial charge in [-0.25, -0.2) is 0 Å². The van der Waals surface area contributed by atoms with Crippen molar-refractivity contribution in [1.82, 2.24) is 0 Å². The summed E-state index contributed by atoms with van der Waals surface area (Å²) in [6, 6.07) is -0.285. The summed E-state index contributed by atoms with van der Waals surface area (Å²) in [4.78, 5) is 9.96. The summed E-state index contributed by atoms with van der Waals surface area (Å²) in [6.45, 7) is 0.453. The lowest BCUT2D eigenvalue weighted by Crippen LogP contribution is -2.26. The first-order valence-electron chi connectivity index (χ1n) is 2.84. The Balaban J connectivity index is 3.26. The summed E-state index contributed by atoms with van der Waals surface area (Å²) in [5.41, 5.74) is 10.5. The maximum absolute atomic E-state index is 9.96. The fourth-order valence-electron chi connectivity index (χ4n) is 0.540. The smallest absolute Gasteiger partial charge is 0.304 e. The molecule has 0 heterocycles. The van der Waals surface area contributed by atoms with Crippen molar-refractivity contribution >= 4 is 5.97 Å². The van der Waals surface area contributed by atoms with Gasteiger partial charge in [-0.3, -0.25) is 4.79 Å². The Morgan fingerprint density at radius 1 is 1.67 bits per heavy atom. The molecule has 54 valence electrons. The third-order valence-electron chi connectivity index (χ3n) is 0.974. The predicted molar refractivity (Wildman–Crippen MR) is 33.9 cm³/mol. The van der Waals surface area contributed by atoms with Crippen molar-refractivity contribution in [3.63, 3.8) is 0 Å². The van der Waals surface area contributed by atoms with Crippen LogP contribution in [0.3, 0.4) is 0 Å². The zero-order valence-corrected chi connectivity index (χ0v) is 5.21. The van der Waals surface area contributed by atoms with Gasteiger partial charge >= 0.3 is 5.97 Å². The first-order chi connectivity index (χ1) is 4.16. The molecule has 1 unspecified atom stereocenters. The minimum absolute atomic E-state index is 0.0111. The van der Waals surface area contributed by atoms with E-state index in [1.165, 1.54) is 0 Å². The van der Waals surface area contributed by atoms with Crippen molar-refractivity contribution in [2.24, 2.45) is 11.5 Å². The molecule has 0 aliphatic heterocycles. The molecule has 0 bridgehead atoms. The third kappa shape index (κ3) is 5.26. The van der Waals surface area contributed by atoms with Gasteiger partial charge in [-0.2, -0.15) is 0 Å². The van der Waals surface area contributed by atoms with Crippen LogP contribution in [0.15, 0.2) is 0 Å². The highest BCUT2D eigenvalue weighted by atomic mass is 16.4. The number of hydrogen-bond acceptors (Lipinski definition) is 3. The molecule has 0 aliphatic rings. The maximum Gasteiger partial charge on any atom is 0.304 e. The molecule has 4 nitrogen and oxygen atoms in total. The van der Waals surface area contributed by atoms with Gasteiger partial charge in [-0.15, -0.1) is 0 Å². The van der Waals surface area contributed by atoms with Crippen molar-refractivity contribution < 1.29 is 9.90 Å². The molecule has 5 N–H and O–H groups in total. The standard InChI is InChI=1S/C5H12N2O2/c6-2-1-4(7)3-5(8)9/h4H,1-3,6-7H2,(H,8,9). The summed E-state index contributed by atoms with van der Waals surface area (Å²) in [6.07, 6.45) is 0.587. The minimum Gasteiger partial charge on any atom is -0.481 e. The predicted octanol–water partition coefficient (Wildman–Crippen LogP) is -0.863. The molecule has 0 aromatic rings. The molecule has 0 rings (SSSR count). The molecule has 0 fully saturated rings. The molecular formula is C5H12N2O2. The van der Waals surface area contributed by atoms with Crippen molar-refractivity contribution in [1.29, 1.82) is 0 Å². The quantitative estimate of drug-likeness (QED) is 0.464. The van der Waals surface area contributed by atoms with Gasteiger partial charge in [0, 0.05) is 6.04 Å². The molecule has 0 spiro atoms. The lowest BCUT2D eigenvalue weighted by Gasteiger charge is -2.04. The number of carboxylic acid groups (broad SMARTS) is 1. The molecular weight excluding hydrogens is 120 g/mol. The van der Waals surface area contributed by atoms with E-state index in [9.17, 15) is 4.79 Å². The molecule has 0 saturated heterocycles. The number of carbonyl (C=O) groups is 1. The zero-order chi connectivity index (χ0) is 7.28. The van der Waals surface area contributed by atoms with Crippen LogP contribution < -0.4 is 11.5 Å². The van der Waals surface area contributed by atoms with Crippen LogP contribution >= 0.6 is 0 Å². The molecule has 4 heteroatoms. The number of carboxylic acids is 1.